The lowest BCUT2D eigenvalue weighted by Crippen LogP contribution is -2.38. The summed E-state index contributed by atoms with van der Waals surface area (Å²) in [4.78, 5) is 2.32. The van der Waals surface area contributed by atoms with Gasteiger partial charge in [0.05, 0.1) is 6.10 Å². The summed E-state index contributed by atoms with van der Waals surface area (Å²) in [5.74, 6) is 0.913. The summed E-state index contributed by atoms with van der Waals surface area (Å²) < 4.78 is 0. The maximum absolute atomic E-state index is 9.26. The Bertz CT molecular complexity index is 139. The lowest BCUT2D eigenvalue weighted by atomic mass is 9.87. The highest BCUT2D eigenvalue weighted by Crippen LogP contribution is 2.26. The molecule has 0 amide bonds. The molecule has 78 valence electrons. The van der Waals surface area contributed by atoms with E-state index >= 15 is 0 Å². The zero-order chi connectivity index (χ0) is 9.84. The van der Waals surface area contributed by atoms with Gasteiger partial charge in [0.15, 0.2) is 0 Å². The first-order chi connectivity index (χ1) is 6.09. The van der Waals surface area contributed by atoms with Crippen LogP contribution >= 0.6 is 0 Å². The Morgan fingerprint density at radius 1 is 1.31 bits per heavy atom. The number of nitrogens with zero attached hydrogens (tertiary/aromatic N) is 1. The minimum Gasteiger partial charge on any atom is -0.392 e. The second kappa shape index (κ2) is 4.97. The van der Waals surface area contributed by atoms with Gasteiger partial charge in [0.1, 0.15) is 0 Å². The van der Waals surface area contributed by atoms with Gasteiger partial charge in [0.25, 0.3) is 0 Å². The molecule has 0 spiro atoms. The van der Waals surface area contributed by atoms with Crippen molar-refractivity contribution in [1.82, 2.24) is 4.90 Å². The van der Waals surface area contributed by atoms with E-state index in [0.717, 1.165) is 12.5 Å². The molecule has 1 saturated carbocycles. The van der Waals surface area contributed by atoms with Crippen molar-refractivity contribution in [2.75, 3.05) is 13.6 Å². The maximum Gasteiger partial charge on any atom is 0.0639 e. The number of likely N-dealkylation sites (N-methyl/N-ethyl adjacent to an activating group) is 1. The molecular formula is C11H23NO. The van der Waals surface area contributed by atoms with Gasteiger partial charge < -0.3 is 10.0 Å². The van der Waals surface area contributed by atoms with E-state index in [1.54, 1.807) is 0 Å². The molecule has 0 aromatic carbocycles. The fourth-order valence-electron chi connectivity index (χ4n) is 2.25. The highest BCUT2D eigenvalue weighted by atomic mass is 16.3. The minimum absolute atomic E-state index is 0.190. The van der Waals surface area contributed by atoms with Gasteiger partial charge in [-0.15, -0.1) is 0 Å². The Labute approximate surface area is 81.9 Å². The quantitative estimate of drug-likeness (QED) is 0.725. The Morgan fingerprint density at radius 3 is 2.31 bits per heavy atom. The molecule has 1 atom stereocenters. The largest absolute Gasteiger partial charge is 0.392 e. The summed E-state index contributed by atoms with van der Waals surface area (Å²) in [5.41, 5.74) is 0. The third-order valence-electron chi connectivity index (χ3n) is 3.16. The first-order valence-corrected chi connectivity index (χ1v) is 5.48. The fourth-order valence-corrected chi connectivity index (χ4v) is 2.25. The van der Waals surface area contributed by atoms with Crippen LogP contribution in [0, 0.1) is 5.92 Å². The first-order valence-electron chi connectivity index (χ1n) is 5.48. The molecule has 0 aliphatic heterocycles. The number of aliphatic hydroxyl groups is 1. The summed E-state index contributed by atoms with van der Waals surface area (Å²) in [5, 5.41) is 9.26. The van der Waals surface area contributed by atoms with Crippen LogP contribution in [-0.2, 0) is 0 Å². The van der Waals surface area contributed by atoms with Crippen molar-refractivity contribution in [2.45, 2.75) is 51.7 Å². The molecule has 2 nitrogen and oxygen atoms in total. The van der Waals surface area contributed by atoms with Crippen LogP contribution in [0.5, 0.6) is 0 Å². The van der Waals surface area contributed by atoms with E-state index in [2.05, 4.69) is 18.9 Å². The van der Waals surface area contributed by atoms with Gasteiger partial charge in [-0.3, -0.25) is 0 Å². The Balaban J connectivity index is 2.27. The average Bonchev–Trinajstić information content (AvgIpc) is 2.04. The lowest BCUT2D eigenvalue weighted by Gasteiger charge is -2.34. The molecule has 1 aliphatic carbocycles. The van der Waals surface area contributed by atoms with Crippen LogP contribution < -0.4 is 0 Å². The zero-order valence-corrected chi connectivity index (χ0v) is 9.16. The molecule has 0 saturated heterocycles. The van der Waals surface area contributed by atoms with Crippen molar-refractivity contribution < 1.29 is 5.11 Å². The summed E-state index contributed by atoms with van der Waals surface area (Å²) >= 11 is 0. The van der Waals surface area contributed by atoms with Crippen LogP contribution in [-0.4, -0.2) is 35.7 Å². The van der Waals surface area contributed by atoms with Crippen molar-refractivity contribution in [3.63, 3.8) is 0 Å². The van der Waals surface area contributed by atoms with Gasteiger partial charge in [-0.2, -0.15) is 0 Å². The molecule has 13 heavy (non-hydrogen) atoms. The van der Waals surface area contributed by atoms with Crippen molar-refractivity contribution in [1.29, 1.82) is 0 Å². The van der Waals surface area contributed by atoms with Gasteiger partial charge in [-0.25, -0.2) is 0 Å². The van der Waals surface area contributed by atoms with Crippen molar-refractivity contribution in [2.24, 2.45) is 5.92 Å². The molecule has 2 heteroatoms. The van der Waals surface area contributed by atoms with E-state index in [1.165, 1.54) is 25.7 Å². The zero-order valence-electron chi connectivity index (χ0n) is 9.16. The maximum atomic E-state index is 9.26. The van der Waals surface area contributed by atoms with E-state index in [1.807, 2.05) is 6.92 Å². The van der Waals surface area contributed by atoms with Gasteiger partial charge in [0.2, 0.25) is 0 Å². The SMILES string of the molecule is CC1CCC(N(C)C[C@H](C)O)CC1. The van der Waals surface area contributed by atoms with Crippen LogP contribution in [0.25, 0.3) is 0 Å². The van der Waals surface area contributed by atoms with E-state index in [0.29, 0.717) is 6.04 Å². The molecule has 0 aromatic heterocycles. The van der Waals surface area contributed by atoms with Crippen molar-refractivity contribution in [3.05, 3.63) is 0 Å². The van der Waals surface area contributed by atoms with E-state index in [-0.39, 0.29) is 6.10 Å². The van der Waals surface area contributed by atoms with Crippen LogP contribution in [0.2, 0.25) is 0 Å². The number of aliphatic hydroxyl groups excluding tert-OH is 1. The second-order valence-electron chi connectivity index (χ2n) is 4.70. The Morgan fingerprint density at radius 2 is 1.85 bits per heavy atom. The van der Waals surface area contributed by atoms with Crippen molar-refractivity contribution >= 4 is 0 Å². The summed E-state index contributed by atoms with van der Waals surface area (Å²) in [6.07, 6.45) is 5.14. The molecule has 0 heterocycles. The molecule has 0 aromatic rings. The topological polar surface area (TPSA) is 23.5 Å². The predicted molar refractivity (Wildman–Crippen MR) is 55.7 cm³/mol. The number of hydrogen-bond acceptors (Lipinski definition) is 2. The predicted octanol–water partition coefficient (Wildman–Crippen LogP) is 1.88. The Kier molecular flexibility index (Phi) is 4.20. The highest BCUT2D eigenvalue weighted by molar-refractivity contribution is 4.77. The first kappa shape index (κ1) is 11.0. The van der Waals surface area contributed by atoms with E-state index in [9.17, 15) is 5.11 Å². The summed E-state index contributed by atoms with van der Waals surface area (Å²) in [6, 6.07) is 0.714. The molecule has 1 fully saturated rings. The second-order valence-corrected chi connectivity index (χ2v) is 4.70. The Hall–Kier alpha value is -0.0800. The number of hydrogen-bond donors (Lipinski definition) is 1. The molecule has 1 rings (SSSR count). The van der Waals surface area contributed by atoms with Gasteiger partial charge in [0, 0.05) is 12.6 Å². The van der Waals surface area contributed by atoms with Gasteiger partial charge in [-0.05, 0) is 45.6 Å². The molecular weight excluding hydrogens is 162 g/mol. The molecule has 0 bridgehead atoms. The number of rotatable bonds is 3. The third-order valence-corrected chi connectivity index (χ3v) is 3.16. The molecule has 1 aliphatic rings. The molecule has 1 N–H and O–H groups in total. The summed E-state index contributed by atoms with van der Waals surface area (Å²) in [7, 11) is 2.13. The van der Waals surface area contributed by atoms with Crippen LogP contribution in [0.3, 0.4) is 0 Å². The summed E-state index contributed by atoms with van der Waals surface area (Å²) in [6.45, 7) is 5.02. The molecule has 0 radical (unpaired) electrons. The standard InChI is InChI=1S/C11H23NO/c1-9-4-6-11(7-5-9)12(3)8-10(2)13/h9-11,13H,4-8H2,1-3H3/t9?,10-,11?/m0/s1. The average molecular weight is 185 g/mol. The van der Waals surface area contributed by atoms with Gasteiger partial charge >= 0.3 is 0 Å². The van der Waals surface area contributed by atoms with E-state index in [4.69, 9.17) is 0 Å². The normalized spacial score (nSPS) is 32.1. The van der Waals surface area contributed by atoms with Crippen LogP contribution in [0.1, 0.15) is 39.5 Å². The molecule has 0 unspecified atom stereocenters. The third kappa shape index (κ3) is 3.65. The highest BCUT2D eigenvalue weighted by Gasteiger charge is 2.21. The van der Waals surface area contributed by atoms with Gasteiger partial charge in [-0.1, -0.05) is 6.92 Å². The lowest BCUT2D eigenvalue weighted by molar-refractivity contribution is 0.0959. The van der Waals surface area contributed by atoms with E-state index < -0.39 is 0 Å². The minimum atomic E-state index is -0.190. The van der Waals surface area contributed by atoms with Crippen molar-refractivity contribution in [3.8, 4) is 0 Å². The monoisotopic (exact) mass is 185 g/mol. The van der Waals surface area contributed by atoms with Crippen LogP contribution in [0.15, 0.2) is 0 Å². The fraction of sp³-hybridized carbons (Fsp3) is 1.00. The van der Waals surface area contributed by atoms with Crippen LogP contribution in [0.4, 0.5) is 0 Å². The smallest absolute Gasteiger partial charge is 0.0639 e.